The molecule has 1 rings (SSSR count). The molecule has 0 unspecified atom stereocenters. The van der Waals surface area contributed by atoms with E-state index in [1.807, 2.05) is 0 Å². The number of hydrogen-bond donors (Lipinski definition) is 2. The lowest BCUT2D eigenvalue weighted by Crippen LogP contribution is -1.82. The van der Waals surface area contributed by atoms with Crippen LogP contribution in [0.15, 0.2) is 12.1 Å². The van der Waals surface area contributed by atoms with Crippen molar-refractivity contribution in [3.63, 3.8) is 0 Å². The third kappa shape index (κ3) is 0.978. The Labute approximate surface area is 58.5 Å². The number of phenols is 2. The molecule has 3 heteroatoms. The van der Waals surface area contributed by atoms with Gasteiger partial charge in [0.25, 0.3) is 0 Å². The molecular weight excluding hydrogens is 132 g/mol. The Bertz CT molecular complexity index is 232. The van der Waals surface area contributed by atoms with Crippen molar-refractivity contribution in [2.75, 3.05) is 7.11 Å². The number of phenolic OH excluding ortho intramolecular Hbond substituents is 2. The zero-order valence-electron chi connectivity index (χ0n) is 5.46. The number of hydrogen-bond acceptors (Lipinski definition) is 3. The molecule has 0 aliphatic rings. The van der Waals surface area contributed by atoms with Crippen molar-refractivity contribution in [2.45, 2.75) is 0 Å². The van der Waals surface area contributed by atoms with Gasteiger partial charge in [0.1, 0.15) is 0 Å². The maximum atomic E-state index is 8.99. The Balaban J connectivity index is 3.14. The average Bonchev–Trinajstić information content (AvgIpc) is 1.95. The third-order valence-electron chi connectivity index (χ3n) is 1.13. The van der Waals surface area contributed by atoms with Gasteiger partial charge in [-0.3, -0.25) is 0 Å². The SMILES string of the molecule is COc1cc[c]c(O)c1O. The monoisotopic (exact) mass is 139 g/mol. The van der Waals surface area contributed by atoms with Gasteiger partial charge in [-0.2, -0.15) is 0 Å². The number of methoxy groups -OCH3 is 1. The highest BCUT2D eigenvalue weighted by molar-refractivity contribution is 5.47. The van der Waals surface area contributed by atoms with Crippen LogP contribution in [0.25, 0.3) is 0 Å². The molecule has 10 heavy (non-hydrogen) atoms. The number of benzene rings is 1. The second kappa shape index (κ2) is 2.47. The number of aromatic hydroxyl groups is 2. The highest BCUT2D eigenvalue weighted by Gasteiger charge is 2.03. The summed E-state index contributed by atoms with van der Waals surface area (Å²) in [4.78, 5) is 0. The van der Waals surface area contributed by atoms with Crippen molar-refractivity contribution in [1.82, 2.24) is 0 Å². The van der Waals surface area contributed by atoms with Gasteiger partial charge in [0, 0.05) is 6.07 Å². The second-order valence-electron chi connectivity index (χ2n) is 1.74. The van der Waals surface area contributed by atoms with Gasteiger partial charge in [0.2, 0.25) is 5.75 Å². The van der Waals surface area contributed by atoms with Gasteiger partial charge in [-0.25, -0.2) is 0 Å². The summed E-state index contributed by atoms with van der Waals surface area (Å²) in [6.07, 6.45) is 0. The Hall–Kier alpha value is -1.38. The van der Waals surface area contributed by atoms with Gasteiger partial charge < -0.3 is 14.9 Å². The minimum atomic E-state index is -0.292. The molecule has 0 saturated heterocycles. The zero-order chi connectivity index (χ0) is 7.56. The van der Waals surface area contributed by atoms with E-state index in [1.165, 1.54) is 19.2 Å². The van der Waals surface area contributed by atoms with E-state index in [2.05, 4.69) is 6.07 Å². The van der Waals surface area contributed by atoms with Crippen LogP contribution in [-0.4, -0.2) is 17.3 Å². The fourth-order valence-corrected chi connectivity index (χ4v) is 0.625. The van der Waals surface area contributed by atoms with E-state index in [9.17, 15) is 0 Å². The van der Waals surface area contributed by atoms with E-state index in [4.69, 9.17) is 14.9 Å². The van der Waals surface area contributed by atoms with E-state index in [-0.39, 0.29) is 17.2 Å². The molecule has 1 aromatic rings. The maximum absolute atomic E-state index is 8.99. The molecule has 0 amide bonds. The van der Waals surface area contributed by atoms with Crippen LogP contribution in [0.2, 0.25) is 0 Å². The first-order valence-corrected chi connectivity index (χ1v) is 2.72. The largest absolute Gasteiger partial charge is 0.504 e. The van der Waals surface area contributed by atoms with E-state index < -0.39 is 0 Å². The molecule has 0 fully saturated rings. The first kappa shape index (κ1) is 6.74. The van der Waals surface area contributed by atoms with Gasteiger partial charge in [-0.1, -0.05) is 0 Å². The fraction of sp³-hybridized carbons (Fsp3) is 0.143. The van der Waals surface area contributed by atoms with Gasteiger partial charge >= 0.3 is 0 Å². The highest BCUT2D eigenvalue weighted by Crippen LogP contribution is 2.33. The van der Waals surface area contributed by atoms with Crippen LogP contribution in [0.4, 0.5) is 0 Å². The van der Waals surface area contributed by atoms with Crippen molar-refractivity contribution in [2.24, 2.45) is 0 Å². The van der Waals surface area contributed by atoms with Crippen LogP contribution in [0.5, 0.6) is 17.2 Å². The molecule has 0 atom stereocenters. The standard InChI is InChI=1S/C7H7O3/c1-10-6-4-2-3-5(8)7(6)9/h2,4,8-9H,1H3. The summed E-state index contributed by atoms with van der Waals surface area (Å²) in [7, 11) is 1.41. The molecule has 0 aliphatic heterocycles. The topological polar surface area (TPSA) is 49.7 Å². The average molecular weight is 139 g/mol. The van der Waals surface area contributed by atoms with E-state index >= 15 is 0 Å². The van der Waals surface area contributed by atoms with Crippen molar-refractivity contribution in [3.8, 4) is 17.2 Å². The number of rotatable bonds is 1. The first-order valence-electron chi connectivity index (χ1n) is 2.72. The zero-order valence-corrected chi connectivity index (χ0v) is 5.46. The van der Waals surface area contributed by atoms with Crippen LogP contribution in [0.1, 0.15) is 0 Å². The summed E-state index contributed by atoms with van der Waals surface area (Å²) >= 11 is 0. The molecule has 0 bridgehead atoms. The lowest BCUT2D eigenvalue weighted by molar-refractivity contribution is 0.350. The smallest absolute Gasteiger partial charge is 0.201 e. The fourth-order valence-electron chi connectivity index (χ4n) is 0.625. The summed E-state index contributed by atoms with van der Waals surface area (Å²) < 4.78 is 4.70. The molecule has 0 saturated carbocycles. The summed E-state index contributed by atoms with van der Waals surface area (Å²) in [5, 5.41) is 17.8. The molecule has 53 valence electrons. The van der Waals surface area contributed by atoms with E-state index in [1.54, 1.807) is 0 Å². The Morgan fingerprint density at radius 2 is 2.20 bits per heavy atom. The summed E-state index contributed by atoms with van der Waals surface area (Å²) in [6, 6.07) is 5.37. The van der Waals surface area contributed by atoms with E-state index in [0.717, 1.165) is 0 Å². The molecule has 2 N–H and O–H groups in total. The number of ether oxygens (including phenoxy) is 1. The van der Waals surface area contributed by atoms with Crippen LogP contribution >= 0.6 is 0 Å². The summed E-state index contributed by atoms with van der Waals surface area (Å²) in [5.41, 5.74) is 0. The molecule has 0 aliphatic carbocycles. The summed E-state index contributed by atoms with van der Waals surface area (Å²) in [6.45, 7) is 0. The van der Waals surface area contributed by atoms with Crippen LogP contribution in [0, 0.1) is 6.07 Å². The van der Waals surface area contributed by atoms with Gasteiger partial charge in [-0.15, -0.1) is 0 Å². The van der Waals surface area contributed by atoms with Gasteiger partial charge in [-0.05, 0) is 12.1 Å². The normalized spacial score (nSPS) is 9.30. The second-order valence-corrected chi connectivity index (χ2v) is 1.74. The molecule has 0 heterocycles. The van der Waals surface area contributed by atoms with Crippen molar-refractivity contribution in [3.05, 3.63) is 18.2 Å². The Kier molecular flexibility index (Phi) is 1.67. The lowest BCUT2D eigenvalue weighted by Gasteiger charge is -2.02. The minimum Gasteiger partial charge on any atom is -0.504 e. The van der Waals surface area contributed by atoms with Crippen molar-refractivity contribution >= 4 is 0 Å². The Morgan fingerprint density at radius 3 is 2.70 bits per heavy atom. The molecule has 0 aromatic heterocycles. The van der Waals surface area contributed by atoms with Crippen molar-refractivity contribution in [1.29, 1.82) is 0 Å². The van der Waals surface area contributed by atoms with E-state index in [0.29, 0.717) is 0 Å². The van der Waals surface area contributed by atoms with Gasteiger partial charge in [0.15, 0.2) is 11.5 Å². The molecule has 3 nitrogen and oxygen atoms in total. The molecular formula is C7H7O3. The molecule has 1 radical (unpaired) electrons. The predicted molar refractivity (Wildman–Crippen MR) is 35.2 cm³/mol. The molecule has 0 spiro atoms. The first-order chi connectivity index (χ1) is 4.75. The van der Waals surface area contributed by atoms with Gasteiger partial charge in [0.05, 0.1) is 7.11 Å². The predicted octanol–water partition coefficient (Wildman–Crippen LogP) is 0.907. The molecule has 1 aromatic carbocycles. The van der Waals surface area contributed by atoms with Crippen LogP contribution in [0.3, 0.4) is 0 Å². The lowest BCUT2D eigenvalue weighted by atomic mass is 10.3. The maximum Gasteiger partial charge on any atom is 0.201 e. The van der Waals surface area contributed by atoms with Crippen LogP contribution < -0.4 is 4.74 Å². The van der Waals surface area contributed by atoms with Crippen molar-refractivity contribution < 1.29 is 14.9 Å². The quantitative estimate of drug-likeness (QED) is 0.568. The summed E-state index contributed by atoms with van der Waals surface area (Å²) in [5.74, 6) is -0.319. The Morgan fingerprint density at radius 1 is 1.50 bits per heavy atom. The highest BCUT2D eigenvalue weighted by atomic mass is 16.5. The minimum absolute atomic E-state index is 0.247. The van der Waals surface area contributed by atoms with Crippen LogP contribution in [-0.2, 0) is 0 Å². The third-order valence-corrected chi connectivity index (χ3v) is 1.13.